The van der Waals surface area contributed by atoms with Crippen LogP contribution in [-0.4, -0.2) is 16.9 Å². The topological polar surface area (TPSA) is 59.2 Å². The minimum absolute atomic E-state index is 0.349. The van der Waals surface area contributed by atoms with Crippen molar-refractivity contribution in [2.45, 2.75) is 0 Å². The highest BCUT2D eigenvalue weighted by atomic mass is 16.6. The summed E-state index contributed by atoms with van der Waals surface area (Å²) in [5.74, 6) is -1.12. The minimum Gasteiger partial charge on any atom is -0.386 e. The zero-order chi connectivity index (χ0) is 9.71. The highest BCUT2D eigenvalue weighted by molar-refractivity contribution is 6.20. The molecule has 1 aromatic heterocycles. The lowest BCUT2D eigenvalue weighted by atomic mass is 10.1. The van der Waals surface area contributed by atoms with Gasteiger partial charge in [-0.3, -0.25) is 0 Å². The number of nitrogens with one attached hydrogen (secondary N) is 1. The molecule has 1 aromatic carbocycles. The van der Waals surface area contributed by atoms with Crippen molar-refractivity contribution in [3.63, 3.8) is 0 Å². The predicted octanol–water partition coefficient (Wildman–Crippen LogP) is 1.48. The first-order valence-electron chi connectivity index (χ1n) is 4.14. The summed E-state index contributed by atoms with van der Waals surface area (Å²) in [7, 11) is 0. The van der Waals surface area contributed by atoms with Crippen LogP contribution in [0.4, 0.5) is 0 Å². The second-order valence-corrected chi connectivity index (χ2v) is 3.10. The van der Waals surface area contributed by atoms with Crippen molar-refractivity contribution >= 4 is 22.8 Å². The Bertz CT molecular complexity index is 568. The summed E-state index contributed by atoms with van der Waals surface area (Å²) in [6, 6.07) is 5.11. The van der Waals surface area contributed by atoms with E-state index in [1.54, 1.807) is 24.4 Å². The van der Waals surface area contributed by atoms with Crippen LogP contribution in [0.5, 0.6) is 0 Å². The first kappa shape index (κ1) is 7.32. The minimum atomic E-state index is -0.562. The first-order valence-corrected chi connectivity index (χ1v) is 4.14. The van der Waals surface area contributed by atoms with Crippen molar-refractivity contribution < 1.29 is 14.3 Å². The molecule has 68 valence electrons. The molecule has 0 aliphatic carbocycles. The lowest BCUT2D eigenvalue weighted by Gasteiger charge is -1.93. The second kappa shape index (κ2) is 2.23. The summed E-state index contributed by atoms with van der Waals surface area (Å²) >= 11 is 0. The molecule has 1 N–H and O–H groups in total. The molecular weight excluding hydrogens is 182 g/mol. The fourth-order valence-corrected chi connectivity index (χ4v) is 1.71. The first-order chi connectivity index (χ1) is 6.77. The quantitative estimate of drug-likeness (QED) is 0.502. The van der Waals surface area contributed by atoms with Gasteiger partial charge < -0.3 is 9.72 Å². The Morgan fingerprint density at radius 1 is 1.07 bits per heavy atom. The van der Waals surface area contributed by atoms with Crippen LogP contribution in [0.2, 0.25) is 0 Å². The summed E-state index contributed by atoms with van der Waals surface area (Å²) < 4.78 is 4.52. The number of aromatic nitrogens is 1. The van der Waals surface area contributed by atoms with Crippen molar-refractivity contribution in [2.24, 2.45) is 0 Å². The fourth-order valence-electron chi connectivity index (χ4n) is 1.71. The molecule has 0 saturated heterocycles. The number of hydrogen-bond acceptors (Lipinski definition) is 3. The van der Waals surface area contributed by atoms with E-state index in [1.807, 2.05) is 0 Å². The molecule has 2 heterocycles. The molecule has 0 radical (unpaired) electrons. The number of rotatable bonds is 0. The van der Waals surface area contributed by atoms with Gasteiger partial charge in [-0.2, -0.15) is 0 Å². The van der Waals surface area contributed by atoms with Gasteiger partial charge in [-0.25, -0.2) is 9.59 Å². The summed E-state index contributed by atoms with van der Waals surface area (Å²) in [6.45, 7) is 0. The monoisotopic (exact) mass is 187 g/mol. The van der Waals surface area contributed by atoms with E-state index in [4.69, 9.17) is 0 Å². The number of esters is 2. The largest absolute Gasteiger partial charge is 0.386 e. The molecule has 1 aliphatic rings. The summed E-state index contributed by atoms with van der Waals surface area (Å²) in [5, 5.41) is 0.735. The molecule has 2 aromatic rings. The van der Waals surface area contributed by atoms with E-state index in [-0.39, 0.29) is 0 Å². The normalized spacial score (nSPS) is 14.6. The van der Waals surface area contributed by atoms with Gasteiger partial charge in [0.1, 0.15) is 0 Å². The van der Waals surface area contributed by atoms with Crippen molar-refractivity contribution in [3.05, 3.63) is 35.5 Å². The van der Waals surface area contributed by atoms with E-state index in [9.17, 15) is 9.59 Å². The number of H-pyrrole nitrogens is 1. The zero-order valence-corrected chi connectivity index (χ0v) is 7.03. The Balaban J connectivity index is 2.51. The molecule has 0 unspecified atom stereocenters. The van der Waals surface area contributed by atoms with Gasteiger partial charge in [-0.05, 0) is 18.2 Å². The molecule has 0 atom stereocenters. The summed E-state index contributed by atoms with van der Waals surface area (Å²) in [5.41, 5.74) is 1.55. The maximum absolute atomic E-state index is 11.3. The highest BCUT2D eigenvalue weighted by Crippen LogP contribution is 2.27. The van der Waals surface area contributed by atoms with E-state index in [0.29, 0.717) is 11.1 Å². The number of aromatic amines is 1. The SMILES string of the molecule is O=C1OC(=O)c2c1ccc1[nH]ccc21. The standard InChI is InChI=1S/C10H5NO3/c12-9-6-1-2-7-5(3-4-11-7)8(6)10(13)14-9/h1-4,11H. The Morgan fingerprint density at radius 2 is 1.93 bits per heavy atom. The van der Waals surface area contributed by atoms with Crippen LogP contribution < -0.4 is 0 Å². The van der Waals surface area contributed by atoms with Gasteiger partial charge in [0, 0.05) is 17.1 Å². The molecule has 0 spiro atoms. The average Bonchev–Trinajstić information content (AvgIpc) is 2.71. The molecule has 1 aliphatic heterocycles. The Kier molecular flexibility index (Phi) is 1.16. The lowest BCUT2D eigenvalue weighted by Crippen LogP contribution is -1.97. The van der Waals surface area contributed by atoms with Gasteiger partial charge in [-0.15, -0.1) is 0 Å². The number of hydrogen-bond donors (Lipinski definition) is 1. The number of carbonyl (C=O) groups is 2. The lowest BCUT2D eigenvalue weighted by molar-refractivity contribution is 0.0444. The zero-order valence-electron chi connectivity index (χ0n) is 7.03. The second-order valence-electron chi connectivity index (χ2n) is 3.10. The molecule has 0 amide bonds. The molecule has 0 fully saturated rings. The van der Waals surface area contributed by atoms with Crippen LogP contribution in [0.3, 0.4) is 0 Å². The summed E-state index contributed by atoms with van der Waals surface area (Å²) in [4.78, 5) is 25.5. The molecular formula is C10H5NO3. The predicted molar refractivity (Wildman–Crippen MR) is 48.0 cm³/mol. The third-order valence-corrected chi connectivity index (χ3v) is 2.34. The number of carbonyl (C=O) groups excluding carboxylic acids is 2. The Morgan fingerprint density at radius 3 is 2.79 bits per heavy atom. The maximum atomic E-state index is 11.3. The number of fused-ring (bicyclic) bond motifs is 3. The maximum Gasteiger partial charge on any atom is 0.347 e. The van der Waals surface area contributed by atoms with Crippen LogP contribution in [0.1, 0.15) is 20.7 Å². The van der Waals surface area contributed by atoms with Gasteiger partial charge in [0.25, 0.3) is 0 Å². The Labute approximate surface area is 78.5 Å². The molecule has 4 nitrogen and oxygen atoms in total. The van der Waals surface area contributed by atoms with Crippen molar-refractivity contribution in [1.82, 2.24) is 4.98 Å². The van der Waals surface area contributed by atoms with Gasteiger partial charge >= 0.3 is 11.9 Å². The van der Waals surface area contributed by atoms with E-state index >= 15 is 0 Å². The van der Waals surface area contributed by atoms with Crippen LogP contribution in [0.15, 0.2) is 24.4 Å². The molecule has 4 heteroatoms. The molecule has 0 saturated carbocycles. The third-order valence-electron chi connectivity index (χ3n) is 2.34. The van der Waals surface area contributed by atoms with Gasteiger partial charge in [0.05, 0.1) is 11.1 Å². The smallest absolute Gasteiger partial charge is 0.347 e. The van der Waals surface area contributed by atoms with Crippen molar-refractivity contribution in [3.8, 4) is 0 Å². The molecule has 3 rings (SSSR count). The van der Waals surface area contributed by atoms with E-state index in [2.05, 4.69) is 9.72 Å². The van der Waals surface area contributed by atoms with Crippen LogP contribution in [0.25, 0.3) is 10.9 Å². The molecule has 14 heavy (non-hydrogen) atoms. The van der Waals surface area contributed by atoms with Gasteiger partial charge in [0.2, 0.25) is 0 Å². The van der Waals surface area contributed by atoms with Gasteiger partial charge in [0.15, 0.2) is 0 Å². The van der Waals surface area contributed by atoms with E-state index in [1.165, 1.54) is 0 Å². The highest BCUT2D eigenvalue weighted by Gasteiger charge is 2.31. The number of benzene rings is 1. The van der Waals surface area contributed by atoms with E-state index < -0.39 is 11.9 Å². The Hall–Kier alpha value is -2.10. The third kappa shape index (κ3) is 0.724. The fraction of sp³-hybridized carbons (Fsp3) is 0. The van der Waals surface area contributed by atoms with E-state index in [0.717, 1.165) is 10.9 Å². The van der Waals surface area contributed by atoms with Crippen LogP contribution in [0, 0.1) is 0 Å². The summed E-state index contributed by atoms with van der Waals surface area (Å²) in [6.07, 6.45) is 1.72. The molecule has 0 bridgehead atoms. The van der Waals surface area contributed by atoms with Crippen molar-refractivity contribution in [1.29, 1.82) is 0 Å². The number of ether oxygens (including phenoxy) is 1. The number of cyclic esters (lactones) is 2. The average molecular weight is 187 g/mol. The van der Waals surface area contributed by atoms with Gasteiger partial charge in [-0.1, -0.05) is 0 Å². The van der Waals surface area contributed by atoms with Crippen molar-refractivity contribution in [2.75, 3.05) is 0 Å². The van der Waals surface area contributed by atoms with Crippen LogP contribution >= 0.6 is 0 Å². The van der Waals surface area contributed by atoms with Crippen LogP contribution in [-0.2, 0) is 4.74 Å².